The molecule has 0 radical (unpaired) electrons. The molecule has 3 rings (SSSR count). The number of nitrogens with zero attached hydrogens (tertiary/aromatic N) is 2. The molecule has 9 nitrogen and oxygen atoms in total. The van der Waals surface area contributed by atoms with Crippen molar-refractivity contribution in [2.45, 2.75) is 13.0 Å². The average Bonchev–Trinajstić information content (AvgIpc) is 2.73. The predicted octanol–water partition coefficient (Wildman–Crippen LogP) is 1.04. The zero-order valence-electron chi connectivity index (χ0n) is 16.4. The van der Waals surface area contributed by atoms with E-state index in [2.05, 4.69) is 10.2 Å². The Morgan fingerprint density at radius 3 is 2.59 bits per heavy atom. The summed E-state index contributed by atoms with van der Waals surface area (Å²) in [4.78, 5) is 26.4. The molecule has 1 fully saturated rings. The number of nitrogens with one attached hydrogen (secondary N) is 2. The molecule has 9 heteroatoms. The third-order valence-electron chi connectivity index (χ3n) is 5.29. The van der Waals surface area contributed by atoms with Crippen LogP contribution in [0.3, 0.4) is 0 Å². The van der Waals surface area contributed by atoms with E-state index in [0.29, 0.717) is 5.69 Å². The van der Waals surface area contributed by atoms with Crippen LogP contribution in [0.1, 0.15) is 6.92 Å². The maximum atomic E-state index is 12.7. The smallest absolute Gasteiger partial charge is 0.282 e. The number of quaternary nitrogens is 1. The molecule has 0 bridgehead atoms. The minimum absolute atomic E-state index is 0.0983. The maximum absolute atomic E-state index is 12.7. The van der Waals surface area contributed by atoms with Crippen LogP contribution in [0.15, 0.2) is 42.5 Å². The third kappa shape index (κ3) is 4.57. The molecule has 0 aromatic heterocycles. The van der Waals surface area contributed by atoms with Gasteiger partial charge < -0.3 is 25.0 Å². The van der Waals surface area contributed by atoms with Crippen LogP contribution in [-0.2, 0) is 4.79 Å². The fraction of sp³-hybridized carbons (Fsp3) is 0.350. The predicted molar refractivity (Wildman–Crippen MR) is 109 cm³/mol. The Hall–Kier alpha value is -3.33. The lowest BCUT2D eigenvalue weighted by molar-refractivity contribution is -0.914. The van der Waals surface area contributed by atoms with Crippen molar-refractivity contribution in [3.8, 4) is 11.5 Å². The molecule has 2 aromatic carbocycles. The topological polar surface area (TPSA) is 109 Å². The van der Waals surface area contributed by atoms with Gasteiger partial charge in [0.05, 0.1) is 55.7 Å². The van der Waals surface area contributed by atoms with Crippen molar-refractivity contribution in [2.24, 2.45) is 0 Å². The van der Waals surface area contributed by atoms with E-state index in [0.717, 1.165) is 36.8 Å². The van der Waals surface area contributed by atoms with E-state index < -0.39 is 4.92 Å². The SMILES string of the molecule is COc1cc([N+](=O)[O-])ccc1NC(=O)[C@@H](C)[NH+]1CCN(c2ccccc2O)CC1. The highest BCUT2D eigenvalue weighted by Crippen LogP contribution is 2.29. The third-order valence-corrected chi connectivity index (χ3v) is 5.29. The highest BCUT2D eigenvalue weighted by Gasteiger charge is 2.30. The number of amides is 1. The van der Waals surface area contributed by atoms with Crippen molar-refractivity contribution in [1.29, 1.82) is 0 Å². The first kappa shape index (κ1) is 20.4. The number of carbonyl (C=O) groups is 1. The number of piperazine rings is 1. The van der Waals surface area contributed by atoms with Crippen LogP contribution in [-0.4, -0.2) is 55.3 Å². The fourth-order valence-electron chi connectivity index (χ4n) is 3.52. The van der Waals surface area contributed by atoms with Gasteiger partial charge in [-0.25, -0.2) is 0 Å². The van der Waals surface area contributed by atoms with Crippen molar-refractivity contribution in [2.75, 3.05) is 43.5 Å². The van der Waals surface area contributed by atoms with Crippen molar-refractivity contribution in [3.05, 3.63) is 52.6 Å². The molecular formula is C20H25N4O5+. The van der Waals surface area contributed by atoms with Gasteiger partial charge in [-0.1, -0.05) is 12.1 Å². The average molecular weight is 401 g/mol. The minimum Gasteiger partial charge on any atom is -0.506 e. The maximum Gasteiger partial charge on any atom is 0.282 e. The second kappa shape index (κ2) is 8.78. The molecule has 1 saturated heterocycles. The number of aromatic hydroxyl groups is 1. The Balaban J connectivity index is 1.61. The van der Waals surface area contributed by atoms with E-state index in [4.69, 9.17) is 4.74 Å². The summed E-state index contributed by atoms with van der Waals surface area (Å²) in [6, 6.07) is 11.0. The van der Waals surface area contributed by atoms with E-state index in [1.165, 1.54) is 25.3 Å². The number of non-ortho nitro benzene ring substituents is 1. The fourth-order valence-corrected chi connectivity index (χ4v) is 3.52. The number of phenolic OH excluding ortho intramolecular Hbond substituents is 1. The van der Waals surface area contributed by atoms with Crippen LogP contribution in [0.25, 0.3) is 0 Å². The first-order chi connectivity index (χ1) is 13.9. The highest BCUT2D eigenvalue weighted by atomic mass is 16.6. The first-order valence-corrected chi connectivity index (χ1v) is 9.41. The lowest BCUT2D eigenvalue weighted by Gasteiger charge is -2.36. The number of methoxy groups -OCH3 is 1. The van der Waals surface area contributed by atoms with Gasteiger partial charge in [0, 0.05) is 6.07 Å². The number of ether oxygens (including phenoxy) is 1. The standard InChI is InChI=1S/C20H24N4O5/c1-14(20(26)21-16-8-7-15(24(27)28)13-19(16)29-2)22-9-11-23(12-10-22)17-5-3-4-6-18(17)25/h3-8,13-14,25H,9-12H2,1-2H3,(H,21,26)/p+1/t14-/m1/s1. The number of hydrogen-bond donors (Lipinski definition) is 3. The van der Waals surface area contributed by atoms with Gasteiger partial charge in [-0.15, -0.1) is 0 Å². The number of benzene rings is 2. The number of nitro benzene ring substituents is 1. The van der Waals surface area contributed by atoms with Crippen LogP contribution in [0.2, 0.25) is 0 Å². The van der Waals surface area contributed by atoms with Crippen LogP contribution in [0.5, 0.6) is 11.5 Å². The number of phenols is 1. The highest BCUT2D eigenvalue weighted by molar-refractivity contribution is 5.95. The van der Waals surface area contributed by atoms with Crippen LogP contribution >= 0.6 is 0 Å². The number of nitro groups is 1. The van der Waals surface area contributed by atoms with Gasteiger partial charge in [0.1, 0.15) is 11.5 Å². The van der Waals surface area contributed by atoms with Gasteiger partial charge in [0.25, 0.3) is 11.6 Å². The summed E-state index contributed by atoms with van der Waals surface area (Å²) in [6.07, 6.45) is 0. The van der Waals surface area contributed by atoms with Gasteiger partial charge in [0.2, 0.25) is 0 Å². The molecule has 1 amide bonds. The molecule has 29 heavy (non-hydrogen) atoms. The summed E-state index contributed by atoms with van der Waals surface area (Å²) in [5.41, 5.74) is 1.11. The molecule has 3 N–H and O–H groups in total. The Labute approximate surface area is 168 Å². The second-order valence-electron chi connectivity index (χ2n) is 6.99. The van der Waals surface area contributed by atoms with Gasteiger partial charge in [-0.05, 0) is 25.1 Å². The summed E-state index contributed by atoms with van der Waals surface area (Å²) in [5.74, 6) is 0.328. The minimum atomic E-state index is -0.509. The summed E-state index contributed by atoms with van der Waals surface area (Å²) in [5, 5.41) is 23.7. The molecule has 0 unspecified atom stereocenters. The lowest BCUT2D eigenvalue weighted by atomic mass is 10.1. The number of carbonyl (C=O) groups excluding carboxylic acids is 1. The number of hydrogen-bond acceptors (Lipinski definition) is 6. The summed E-state index contributed by atoms with van der Waals surface area (Å²) in [7, 11) is 1.40. The van der Waals surface area contributed by atoms with E-state index >= 15 is 0 Å². The molecule has 154 valence electrons. The normalized spacial score (nSPS) is 15.6. The molecule has 1 aliphatic heterocycles. The molecule has 2 aromatic rings. The van der Waals surface area contributed by atoms with Crippen LogP contribution in [0, 0.1) is 10.1 Å². The Morgan fingerprint density at radius 1 is 1.28 bits per heavy atom. The van der Waals surface area contributed by atoms with Gasteiger partial charge in [-0.2, -0.15) is 0 Å². The molecule has 1 aliphatic rings. The van der Waals surface area contributed by atoms with E-state index in [-0.39, 0.29) is 29.1 Å². The zero-order chi connectivity index (χ0) is 21.0. The Bertz CT molecular complexity index is 896. The number of rotatable bonds is 6. The summed E-state index contributed by atoms with van der Waals surface area (Å²) < 4.78 is 5.18. The lowest BCUT2D eigenvalue weighted by Crippen LogP contribution is -3.19. The molecule has 0 spiro atoms. The first-order valence-electron chi connectivity index (χ1n) is 9.41. The zero-order valence-corrected chi connectivity index (χ0v) is 16.4. The molecular weight excluding hydrogens is 376 g/mol. The molecule has 1 atom stereocenters. The van der Waals surface area contributed by atoms with Crippen molar-refractivity contribution >= 4 is 23.0 Å². The summed E-state index contributed by atoms with van der Waals surface area (Å²) in [6.45, 7) is 4.82. The van der Waals surface area contributed by atoms with Gasteiger partial charge in [0.15, 0.2) is 6.04 Å². The van der Waals surface area contributed by atoms with Crippen molar-refractivity contribution in [1.82, 2.24) is 0 Å². The summed E-state index contributed by atoms with van der Waals surface area (Å²) >= 11 is 0. The van der Waals surface area contributed by atoms with Crippen LogP contribution in [0.4, 0.5) is 17.1 Å². The number of anilines is 2. The number of para-hydroxylation sites is 2. The molecule has 0 saturated carbocycles. The van der Waals surface area contributed by atoms with E-state index in [1.54, 1.807) is 12.1 Å². The largest absolute Gasteiger partial charge is 0.506 e. The Kier molecular flexibility index (Phi) is 6.18. The van der Waals surface area contributed by atoms with E-state index in [1.807, 2.05) is 19.1 Å². The molecule has 1 heterocycles. The van der Waals surface area contributed by atoms with Crippen molar-refractivity contribution < 1.29 is 24.5 Å². The second-order valence-corrected chi connectivity index (χ2v) is 6.99. The van der Waals surface area contributed by atoms with Crippen LogP contribution < -0.4 is 19.9 Å². The van der Waals surface area contributed by atoms with Gasteiger partial charge >= 0.3 is 0 Å². The van der Waals surface area contributed by atoms with E-state index in [9.17, 15) is 20.0 Å². The monoisotopic (exact) mass is 401 g/mol. The molecule has 0 aliphatic carbocycles. The quantitative estimate of drug-likeness (QED) is 0.493. The Morgan fingerprint density at radius 2 is 1.97 bits per heavy atom. The van der Waals surface area contributed by atoms with Gasteiger partial charge in [-0.3, -0.25) is 14.9 Å². The van der Waals surface area contributed by atoms with Crippen molar-refractivity contribution in [3.63, 3.8) is 0 Å².